The van der Waals surface area contributed by atoms with Gasteiger partial charge in [-0.3, -0.25) is 0 Å². The molecule has 0 bridgehead atoms. The molecule has 1 aromatic carbocycles. The molecule has 0 atom stereocenters. The van der Waals surface area contributed by atoms with Crippen molar-refractivity contribution in [2.24, 2.45) is 0 Å². The minimum Gasteiger partial charge on any atom is -0.508 e. The first-order chi connectivity index (χ1) is 10.2. The Morgan fingerprint density at radius 2 is 2.05 bits per heavy atom. The highest BCUT2D eigenvalue weighted by Gasteiger charge is 2.03. The number of nitrogens with zero attached hydrogens (tertiary/aromatic N) is 3. The van der Waals surface area contributed by atoms with Crippen LogP contribution in [0.2, 0.25) is 0 Å². The zero-order chi connectivity index (χ0) is 14.7. The van der Waals surface area contributed by atoms with Gasteiger partial charge < -0.3 is 15.5 Å². The molecule has 0 aliphatic heterocycles. The quantitative estimate of drug-likeness (QED) is 0.684. The highest BCUT2D eigenvalue weighted by molar-refractivity contribution is 5.46. The second-order valence-corrected chi connectivity index (χ2v) is 4.52. The van der Waals surface area contributed by atoms with Gasteiger partial charge in [0.1, 0.15) is 11.5 Å². The molecule has 3 N–H and O–H groups in total. The van der Waals surface area contributed by atoms with Gasteiger partial charge in [0.25, 0.3) is 0 Å². The standard InChI is InChI=1S/C15H14N4O2/c20-13-4-2-11(14(21)8-13)9-16-12-3-5-15(17-10-12)19-7-1-6-18-19/h1-8,10,16,20-21H,9H2. The van der Waals surface area contributed by atoms with E-state index in [-0.39, 0.29) is 11.5 Å². The second-order valence-electron chi connectivity index (χ2n) is 4.52. The molecule has 0 fully saturated rings. The van der Waals surface area contributed by atoms with Gasteiger partial charge in [-0.2, -0.15) is 5.10 Å². The summed E-state index contributed by atoms with van der Waals surface area (Å²) in [5.74, 6) is 0.836. The summed E-state index contributed by atoms with van der Waals surface area (Å²) in [6, 6.07) is 10.1. The van der Waals surface area contributed by atoms with E-state index in [1.807, 2.05) is 24.4 Å². The van der Waals surface area contributed by atoms with Gasteiger partial charge in [-0.15, -0.1) is 0 Å². The van der Waals surface area contributed by atoms with Crippen LogP contribution in [-0.4, -0.2) is 25.0 Å². The average Bonchev–Trinajstić information content (AvgIpc) is 3.01. The summed E-state index contributed by atoms with van der Waals surface area (Å²) in [6.07, 6.45) is 5.22. The van der Waals surface area contributed by atoms with Gasteiger partial charge in [0, 0.05) is 30.6 Å². The lowest BCUT2D eigenvalue weighted by atomic mass is 10.2. The summed E-state index contributed by atoms with van der Waals surface area (Å²) in [5, 5.41) is 26.2. The van der Waals surface area contributed by atoms with Gasteiger partial charge in [-0.1, -0.05) is 0 Å². The molecule has 3 rings (SSSR count). The molecular weight excluding hydrogens is 268 g/mol. The third-order valence-corrected chi connectivity index (χ3v) is 3.04. The van der Waals surface area contributed by atoms with Crippen molar-refractivity contribution in [1.82, 2.24) is 14.8 Å². The zero-order valence-corrected chi connectivity index (χ0v) is 11.1. The minimum atomic E-state index is 0.0430. The number of nitrogens with one attached hydrogen (secondary N) is 1. The molecule has 106 valence electrons. The highest BCUT2D eigenvalue weighted by atomic mass is 16.3. The molecule has 0 radical (unpaired) electrons. The molecule has 6 heteroatoms. The zero-order valence-electron chi connectivity index (χ0n) is 11.1. The van der Waals surface area contributed by atoms with Crippen LogP contribution in [0.5, 0.6) is 11.5 Å². The number of phenols is 2. The maximum absolute atomic E-state index is 9.71. The van der Waals surface area contributed by atoms with E-state index in [1.54, 1.807) is 23.1 Å². The summed E-state index contributed by atoms with van der Waals surface area (Å²) < 4.78 is 1.68. The number of aromatic nitrogens is 3. The van der Waals surface area contributed by atoms with Crippen LogP contribution < -0.4 is 5.32 Å². The van der Waals surface area contributed by atoms with Crippen LogP contribution in [0.3, 0.4) is 0 Å². The monoisotopic (exact) mass is 282 g/mol. The second kappa shape index (κ2) is 5.54. The SMILES string of the molecule is Oc1ccc(CNc2ccc(-n3cccn3)nc2)c(O)c1. The fourth-order valence-electron chi connectivity index (χ4n) is 1.93. The number of aromatic hydroxyl groups is 2. The van der Waals surface area contributed by atoms with Gasteiger partial charge in [-0.05, 0) is 30.3 Å². The number of phenolic OH excluding ortho intramolecular Hbond substituents is 2. The van der Waals surface area contributed by atoms with E-state index < -0.39 is 0 Å². The van der Waals surface area contributed by atoms with Crippen molar-refractivity contribution in [2.75, 3.05) is 5.32 Å². The van der Waals surface area contributed by atoms with E-state index in [1.165, 1.54) is 12.1 Å². The Kier molecular flexibility index (Phi) is 3.42. The predicted octanol–water partition coefficient (Wildman–Crippen LogP) is 2.29. The maximum Gasteiger partial charge on any atom is 0.153 e. The van der Waals surface area contributed by atoms with Crippen LogP contribution in [0.15, 0.2) is 55.0 Å². The van der Waals surface area contributed by atoms with Crippen molar-refractivity contribution in [1.29, 1.82) is 0 Å². The largest absolute Gasteiger partial charge is 0.508 e. The van der Waals surface area contributed by atoms with Gasteiger partial charge in [-0.25, -0.2) is 9.67 Å². The molecule has 0 aliphatic rings. The van der Waals surface area contributed by atoms with Crippen LogP contribution in [-0.2, 0) is 6.54 Å². The molecule has 2 heterocycles. The topological polar surface area (TPSA) is 83.2 Å². The van der Waals surface area contributed by atoms with Crippen LogP contribution in [0.1, 0.15) is 5.56 Å². The van der Waals surface area contributed by atoms with Gasteiger partial charge in [0.15, 0.2) is 5.82 Å². The van der Waals surface area contributed by atoms with Crippen LogP contribution in [0, 0.1) is 0 Å². The van der Waals surface area contributed by atoms with Crippen molar-refractivity contribution < 1.29 is 10.2 Å². The fourth-order valence-corrected chi connectivity index (χ4v) is 1.93. The number of benzene rings is 1. The lowest BCUT2D eigenvalue weighted by Gasteiger charge is -2.09. The normalized spacial score (nSPS) is 10.5. The molecular formula is C15H14N4O2. The number of hydrogen-bond acceptors (Lipinski definition) is 5. The van der Waals surface area contributed by atoms with Crippen LogP contribution >= 0.6 is 0 Å². The van der Waals surface area contributed by atoms with Crippen molar-refractivity contribution in [3.8, 4) is 17.3 Å². The minimum absolute atomic E-state index is 0.0430. The lowest BCUT2D eigenvalue weighted by molar-refractivity contribution is 0.446. The molecule has 0 saturated heterocycles. The third kappa shape index (κ3) is 2.94. The molecule has 2 aromatic heterocycles. The van der Waals surface area contributed by atoms with E-state index in [2.05, 4.69) is 15.4 Å². The van der Waals surface area contributed by atoms with E-state index in [0.717, 1.165) is 11.5 Å². The van der Waals surface area contributed by atoms with E-state index in [0.29, 0.717) is 12.1 Å². The molecule has 0 aliphatic carbocycles. The Labute approximate surface area is 121 Å². The first kappa shape index (κ1) is 13.0. The van der Waals surface area contributed by atoms with Crippen molar-refractivity contribution >= 4 is 5.69 Å². The fraction of sp³-hybridized carbons (Fsp3) is 0.0667. The van der Waals surface area contributed by atoms with Crippen LogP contribution in [0.25, 0.3) is 5.82 Å². The Bertz CT molecular complexity index is 724. The summed E-state index contributed by atoms with van der Waals surface area (Å²) in [6.45, 7) is 0.439. The maximum atomic E-state index is 9.71. The van der Waals surface area contributed by atoms with Gasteiger partial charge in [0.2, 0.25) is 0 Å². The number of anilines is 1. The van der Waals surface area contributed by atoms with Gasteiger partial charge >= 0.3 is 0 Å². The smallest absolute Gasteiger partial charge is 0.153 e. The van der Waals surface area contributed by atoms with E-state index >= 15 is 0 Å². The average molecular weight is 282 g/mol. The Morgan fingerprint density at radius 1 is 1.14 bits per heavy atom. The van der Waals surface area contributed by atoms with Crippen molar-refractivity contribution in [2.45, 2.75) is 6.54 Å². The number of hydrogen-bond donors (Lipinski definition) is 3. The third-order valence-electron chi connectivity index (χ3n) is 3.04. The summed E-state index contributed by atoms with van der Waals surface area (Å²) in [7, 11) is 0. The molecule has 21 heavy (non-hydrogen) atoms. The van der Waals surface area contributed by atoms with E-state index in [9.17, 15) is 10.2 Å². The molecule has 0 unspecified atom stereocenters. The van der Waals surface area contributed by atoms with Gasteiger partial charge in [0.05, 0.1) is 11.9 Å². The molecule has 3 aromatic rings. The van der Waals surface area contributed by atoms with E-state index in [4.69, 9.17) is 0 Å². The Hall–Kier alpha value is -3.02. The molecule has 0 spiro atoms. The molecule has 6 nitrogen and oxygen atoms in total. The summed E-state index contributed by atoms with van der Waals surface area (Å²) in [4.78, 5) is 4.31. The lowest BCUT2D eigenvalue weighted by Crippen LogP contribution is -2.02. The number of pyridine rings is 1. The summed E-state index contributed by atoms with van der Waals surface area (Å²) >= 11 is 0. The Balaban J connectivity index is 1.68. The molecule has 0 amide bonds. The first-order valence-electron chi connectivity index (χ1n) is 6.43. The highest BCUT2D eigenvalue weighted by Crippen LogP contribution is 2.23. The summed E-state index contributed by atoms with van der Waals surface area (Å²) in [5.41, 5.74) is 1.53. The van der Waals surface area contributed by atoms with Crippen LogP contribution in [0.4, 0.5) is 5.69 Å². The van der Waals surface area contributed by atoms with Crippen molar-refractivity contribution in [3.05, 3.63) is 60.6 Å². The van der Waals surface area contributed by atoms with Crippen molar-refractivity contribution in [3.63, 3.8) is 0 Å². The number of rotatable bonds is 4. The Morgan fingerprint density at radius 3 is 2.71 bits per heavy atom. The predicted molar refractivity (Wildman–Crippen MR) is 78.5 cm³/mol. The molecule has 0 saturated carbocycles. The first-order valence-corrected chi connectivity index (χ1v) is 6.43.